The van der Waals surface area contributed by atoms with Crippen LogP contribution >= 0.6 is 0 Å². The van der Waals surface area contributed by atoms with Crippen LogP contribution in [0.4, 0.5) is 4.39 Å². The number of hydrogen-bond donors (Lipinski definition) is 0. The molecule has 0 aliphatic carbocycles. The first-order chi connectivity index (χ1) is 6.72. The molecule has 2 rings (SSSR count). The summed E-state index contributed by atoms with van der Waals surface area (Å²) >= 11 is 0. The molecule has 0 unspecified atom stereocenters. The Morgan fingerprint density at radius 3 is 2.86 bits per heavy atom. The summed E-state index contributed by atoms with van der Waals surface area (Å²) in [6, 6.07) is 4.66. The maximum absolute atomic E-state index is 13.0. The van der Waals surface area contributed by atoms with Gasteiger partial charge >= 0.3 is 0 Å². The van der Waals surface area contributed by atoms with Gasteiger partial charge in [-0.1, -0.05) is 6.92 Å². The second-order valence-electron chi connectivity index (χ2n) is 3.54. The normalized spacial score (nSPS) is 11.1. The van der Waals surface area contributed by atoms with E-state index in [4.69, 9.17) is 4.42 Å². The fourth-order valence-electron chi connectivity index (χ4n) is 1.71. The first-order valence-corrected chi connectivity index (χ1v) is 4.90. The van der Waals surface area contributed by atoms with Gasteiger partial charge in [-0.05, 0) is 37.1 Å². The van der Waals surface area contributed by atoms with E-state index in [-0.39, 0.29) is 5.82 Å². The van der Waals surface area contributed by atoms with Gasteiger partial charge in [0.2, 0.25) is 0 Å². The maximum atomic E-state index is 13.0. The predicted molar refractivity (Wildman–Crippen MR) is 54.9 cm³/mol. The Morgan fingerprint density at radius 2 is 2.14 bits per heavy atom. The van der Waals surface area contributed by atoms with Crippen LogP contribution in [0.3, 0.4) is 0 Å². The molecule has 0 aliphatic rings. The molecule has 0 saturated carbocycles. The van der Waals surface area contributed by atoms with Gasteiger partial charge in [-0.25, -0.2) is 4.39 Å². The van der Waals surface area contributed by atoms with Crippen LogP contribution in [0.15, 0.2) is 22.6 Å². The largest absolute Gasteiger partial charge is 0.461 e. The third kappa shape index (κ3) is 1.41. The third-order valence-corrected chi connectivity index (χ3v) is 2.47. The molecule has 1 aromatic heterocycles. The maximum Gasteiger partial charge on any atom is 0.134 e. The van der Waals surface area contributed by atoms with Crippen molar-refractivity contribution in [1.82, 2.24) is 0 Å². The van der Waals surface area contributed by atoms with Crippen molar-refractivity contribution in [2.45, 2.75) is 26.7 Å². The zero-order valence-corrected chi connectivity index (χ0v) is 8.43. The summed E-state index contributed by atoms with van der Waals surface area (Å²) < 4.78 is 18.6. The van der Waals surface area contributed by atoms with Crippen LogP contribution in [0.2, 0.25) is 0 Å². The van der Waals surface area contributed by atoms with Gasteiger partial charge < -0.3 is 4.42 Å². The molecule has 0 atom stereocenters. The molecule has 0 spiro atoms. The van der Waals surface area contributed by atoms with Crippen molar-refractivity contribution in [2.24, 2.45) is 0 Å². The van der Waals surface area contributed by atoms with Gasteiger partial charge in [0, 0.05) is 11.8 Å². The molecule has 0 saturated heterocycles. The minimum Gasteiger partial charge on any atom is -0.461 e. The lowest BCUT2D eigenvalue weighted by Gasteiger charge is -1.92. The van der Waals surface area contributed by atoms with Crippen LogP contribution in [0.5, 0.6) is 0 Å². The lowest BCUT2D eigenvalue weighted by molar-refractivity contribution is 0.540. The topological polar surface area (TPSA) is 13.1 Å². The van der Waals surface area contributed by atoms with Crippen LogP contribution in [0.1, 0.15) is 24.7 Å². The fourth-order valence-corrected chi connectivity index (χ4v) is 1.71. The van der Waals surface area contributed by atoms with E-state index in [1.165, 1.54) is 12.1 Å². The van der Waals surface area contributed by atoms with E-state index in [0.29, 0.717) is 0 Å². The lowest BCUT2D eigenvalue weighted by Crippen LogP contribution is -1.81. The Hall–Kier alpha value is -1.31. The monoisotopic (exact) mass is 192 g/mol. The first kappa shape index (κ1) is 9.25. The Kier molecular flexibility index (Phi) is 2.28. The standard InChI is InChI=1S/C12H13FO/c1-3-4-11-8(2)10-7-9(13)5-6-12(10)14-11/h5-7H,3-4H2,1-2H3. The van der Waals surface area contributed by atoms with Gasteiger partial charge in [0.15, 0.2) is 0 Å². The number of fused-ring (bicyclic) bond motifs is 1. The van der Waals surface area contributed by atoms with Crippen LogP contribution in [0.25, 0.3) is 11.0 Å². The van der Waals surface area contributed by atoms with Crippen molar-refractivity contribution < 1.29 is 8.81 Å². The first-order valence-electron chi connectivity index (χ1n) is 4.90. The van der Waals surface area contributed by atoms with E-state index in [1.54, 1.807) is 6.07 Å². The van der Waals surface area contributed by atoms with Gasteiger partial charge in [-0.2, -0.15) is 0 Å². The Balaban J connectivity index is 2.62. The summed E-state index contributed by atoms with van der Waals surface area (Å²) in [6.45, 7) is 4.09. The number of benzene rings is 1. The summed E-state index contributed by atoms with van der Waals surface area (Å²) in [5.74, 6) is 0.776. The molecule has 0 aliphatic heterocycles. The van der Waals surface area contributed by atoms with Crippen molar-refractivity contribution in [3.05, 3.63) is 35.3 Å². The second kappa shape index (κ2) is 3.45. The molecule has 1 heterocycles. The summed E-state index contributed by atoms with van der Waals surface area (Å²) in [5, 5.41) is 0.897. The average Bonchev–Trinajstić information content (AvgIpc) is 2.46. The number of aryl methyl sites for hydroxylation is 2. The summed E-state index contributed by atoms with van der Waals surface area (Å²) in [4.78, 5) is 0. The quantitative estimate of drug-likeness (QED) is 0.704. The molecule has 0 bridgehead atoms. The molecule has 1 nitrogen and oxygen atoms in total. The van der Waals surface area contributed by atoms with Gasteiger partial charge in [0.05, 0.1) is 0 Å². The second-order valence-corrected chi connectivity index (χ2v) is 3.54. The molecule has 2 aromatic rings. The van der Waals surface area contributed by atoms with E-state index in [9.17, 15) is 4.39 Å². The van der Waals surface area contributed by atoms with Crippen molar-refractivity contribution in [1.29, 1.82) is 0 Å². The number of rotatable bonds is 2. The lowest BCUT2D eigenvalue weighted by atomic mass is 10.1. The van der Waals surface area contributed by atoms with Crippen LogP contribution in [0, 0.1) is 12.7 Å². The number of hydrogen-bond acceptors (Lipinski definition) is 1. The third-order valence-electron chi connectivity index (χ3n) is 2.47. The number of halogens is 1. The van der Waals surface area contributed by atoms with E-state index in [2.05, 4.69) is 6.92 Å². The summed E-state index contributed by atoms with van der Waals surface area (Å²) in [6.07, 6.45) is 1.96. The molecule has 2 heteroatoms. The smallest absolute Gasteiger partial charge is 0.134 e. The van der Waals surface area contributed by atoms with Crippen molar-refractivity contribution in [3.8, 4) is 0 Å². The average molecular weight is 192 g/mol. The van der Waals surface area contributed by atoms with E-state index in [0.717, 1.165) is 35.1 Å². The van der Waals surface area contributed by atoms with Gasteiger partial charge in [-0.15, -0.1) is 0 Å². The van der Waals surface area contributed by atoms with Gasteiger partial charge in [0.1, 0.15) is 17.2 Å². The van der Waals surface area contributed by atoms with E-state index >= 15 is 0 Å². The number of furan rings is 1. The summed E-state index contributed by atoms with van der Waals surface area (Å²) in [5.41, 5.74) is 1.86. The molecule has 1 aromatic carbocycles. The molecule has 0 radical (unpaired) electrons. The Bertz CT molecular complexity index is 457. The molecule has 74 valence electrons. The van der Waals surface area contributed by atoms with E-state index < -0.39 is 0 Å². The highest BCUT2D eigenvalue weighted by molar-refractivity contribution is 5.82. The zero-order valence-electron chi connectivity index (χ0n) is 8.43. The van der Waals surface area contributed by atoms with Crippen LogP contribution in [-0.2, 0) is 6.42 Å². The Labute approximate surface area is 82.5 Å². The van der Waals surface area contributed by atoms with Crippen LogP contribution in [-0.4, -0.2) is 0 Å². The zero-order chi connectivity index (χ0) is 10.1. The van der Waals surface area contributed by atoms with Crippen molar-refractivity contribution >= 4 is 11.0 Å². The van der Waals surface area contributed by atoms with Crippen molar-refractivity contribution in [3.63, 3.8) is 0 Å². The Morgan fingerprint density at radius 1 is 1.36 bits per heavy atom. The SMILES string of the molecule is CCCc1oc2ccc(F)cc2c1C. The van der Waals surface area contributed by atoms with Gasteiger partial charge in [-0.3, -0.25) is 0 Å². The molecule has 0 N–H and O–H groups in total. The fraction of sp³-hybridized carbons (Fsp3) is 0.333. The van der Waals surface area contributed by atoms with Crippen molar-refractivity contribution in [2.75, 3.05) is 0 Å². The molecular formula is C12H13FO. The minimum absolute atomic E-state index is 0.204. The molecule has 0 amide bonds. The molecule has 0 fully saturated rings. The highest BCUT2D eigenvalue weighted by Crippen LogP contribution is 2.26. The highest BCUT2D eigenvalue weighted by Gasteiger charge is 2.09. The highest BCUT2D eigenvalue weighted by atomic mass is 19.1. The van der Waals surface area contributed by atoms with Crippen LogP contribution < -0.4 is 0 Å². The minimum atomic E-state index is -0.204. The summed E-state index contributed by atoms with van der Waals surface area (Å²) in [7, 11) is 0. The van der Waals surface area contributed by atoms with E-state index in [1.807, 2.05) is 6.92 Å². The van der Waals surface area contributed by atoms with Gasteiger partial charge in [0.25, 0.3) is 0 Å². The predicted octanol–water partition coefficient (Wildman–Crippen LogP) is 3.83. The molecule has 14 heavy (non-hydrogen) atoms. The molecular weight excluding hydrogens is 179 g/mol.